The molecular weight excluding hydrogens is 150 g/mol. The van der Waals surface area contributed by atoms with Crippen molar-refractivity contribution in [1.29, 1.82) is 0 Å². The fraction of sp³-hybridized carbons (Fsp3) is 1.00. The zero-order valence-corrected chi connectivity index (χ0v) is 8.21. The summed E-state index contributed by atoms with van der Waals surface area (Å²) >= 11 is 0. The van der Waals surface area contributed by atoms with E-state index in [2.05, 4.69) is 24.2 Å². The van der Waals surface area contributed by atoms with Crippen LogP contribution in [-0.2, 0) is 0 Å². The lowest BCUT2D eigenvalue weighted by molar-refractivity contribution is 0.133. The molecule has 72 valence electrons. The molecule has 0 radical (unpaired) electrons. The predicted octanol–water partition coefficient (Wildman–Crippen LogP) is 0.713. The summed E-state index contributed by atoms with van der Waals surface area (Å²) in [7, 11) is 0. The van der Waals surface area contributed by atoms with Crippen LogP contribution in [0, 0.1) is 0 Å². The first kappa shape index (κ1) is 9.96. The van der Waals surface area contributed by atoms with Gasteiger partial charge in [-0.2, -0.15) is 0 Å². The van der Waals surface area contributed by atoms with E-state index in [0.717, 1.165) is 12.6 Å². The van der Waals surface area contributed by atoms with E-state index in [1.807, 2.05) is 0 Å². The van der Waals surface area contributed by atoms with E-state index in [-0.39, 0.29) is 0 Å². The van der Waals surface area contributed by atoms with Crippen LogP contribution in [0.25, 0.3) is 0 Å². The van der Waals surface area contributed by atoms with Gasteiger partial charge in [-0.05, 0) is 32.7 Å². The Kier molecular flexibility index (Phi) is 3.98. The molecule has 0 aromatic rings. The van der Waals surface area contributed by atoms with Crippen molar-refractivity contribution < 1.29 is 0 Å². The van der Waals surface area contributed by atoms with Crippen LogP contribution in [0.3, 0.4) is 0 Å². The van der Waals surface area contributed by atoms with Crippen molar-refractivity contribution in [2.45, 2.75) is 45.2 Å². The molecule has 1 saturated heterocycles. The number of rotatable bonds is 3. The van der Waals surface area contributed by atoms with Crippen molar-refractivity contribution in [1.82, 2.24) is 10.3 Å². The SMILES string of the molecule is CCCN1C[C@H](NN)CC[C@H]1C. The molecule has 1 heterocycles. The van der Waals surface area contributed by atoms with Gasteiger partial charge in [-0.3, -0.25) is 16.2 Å². The fourth-order valence-electron chi connectivity index (χ4n) is 1.91. The zero-order valence-electron chi connectivity index (χ0n) is 8.21. The number of likely N-dealkylation sites (tertiary alicyclic amines) is 1. The Balaban J connectivity index is 2.36. The Hall–Kier alpha value is -0.120. The molecule has 0 bridgehead atoms. The first-order chi connectivity index (χ1) is 5.77. The van der Waals surface area contributed by atoms with Crippen molar-refractivity contribution in [3.8, 4) is 0 Å². The average molecular weight is 171 g/mol. The van der Waals surface area contributed by atoms with E-state index < -0.39 is 0 Å². The standard InChI is InChI=1S/C9H21N3/c1-3-6-12-7-9(11-10)5-4-8(12)2/h8-9,11H,3-7,10H2,1-2H3/t8-,9-/m1/s1. The smallest absolute Gasteiger partial charge is 0.0338 e. The molecule has 0 aromatic carbocycles. The highest BCUT2D eigenvalue weighted by atomic mass is 15.3. The van der Waals surface area contributed by atoms with Crippen LogP contribution in [-0.4, -0.2) is 30.1 Å². The van der Waals surface area contributed by atoms with Gasteiger partial charge in [-0.1, -0.05) is 6.92 Å². The second-order valence-corrected chi connectivity index (χ2v) is 3.78. The van der Waals surface area contributed by atoms with Crippen LogP contribution in [0.15, 0.2) is 0 Å². The molecule has 0 amide bonds. The van der Waals surface area contributed by atoms with Crippen LogP contribution in [0.2, 0.25) is 0 Å². The Morgan fingerprint density at radius 3 is 2.83 bits per heavy atom. The monoisotopic (exact) mass is 171 g/mol. The van der Waals surface area contributed by atoms with Gasteiger partial charge in [-0.15, -0.1) is 0 Å². The number of nitrogens with zero attached hydrogens (tertiary/aromatic N) is 1. The quantitative estimate of drug-likeness (QED) is 0.485. The molecule has 2 atom stereocenters. The van der Waals surface area contributed by atoms with E-state index >= 15 is 0 Å². The van der Waals surface area contributed by atoms with E-state index in [1.54, 1.807) is 0 Å². The van der Waals surface area contributed by atoms with Gasteiger partial charge in [-0.25, -0.2) is 0 Å². The van der Waals surface area contributed by atoms with Gasteiger partial charge in [0.05, 0.1) is 0 Å². The van der Waals surface area contributed by atoms with Gasteiger partial charge in [0.15, 0.2) is 0 Å². The van der Waals surface area contributed by atoms with Gasteiger partial charge in [0, 0.05) is 18.6 Å². The summed E-state index contributed by atoms with van der Waals surface area (Å²) in [4.78, 5) is 2.52. The highest BCUT2D eigenvalue weighted by molar-refractivity contribution is 4.81. The first-order valence-corrected chi connectivity index (χ1v) is 4.98. The molecular formula is C9H21N3. The van der Waals surface area contributed by atoms with Crippen molar-refractivity contribution in [2.24, 2.45) is 5.84 Å². The van der Waals surface area contributed by atoms with Crippen LogP contribution in [0.4, 0.5) is 0 Å². The van der Waals surface area contributed by atoms with Crippen LogP contribution in [0.1, 0.15) is 33.1 Å². The van der Waals surface area contributed by atoms with Gasteiger partial charge < -0.3 is 0 Å². The van der Waals surface area contributed by atoms with E-state index in [9.17, 15) is 0 Å². The molecule has 0 aromatic heterocycles. The van der Waals surface area contributed by atoms with Crippen molar-refractivity contribution in [3.05, 3.63) is 0 Å². The third-order valence-electron chi connectivity index (χ3n) is 2.76. The average Bonchev–Trinajstić information content (AvgIpc) is 2.09. The normalized spacial score (nSPS) is 32.2. The molecule has 12 heavy (non-hydrogen) atoms. The lowest BCUT2D eigenvalue weighted by atomic mass is 10.00. The molecule has 0 aliphatic carbocycles. The van der Waals surface area contributed by atoms with E-state index in [0.29, 0.717) is 6.04 Å². The summed E-state index contributed by atoms with van der Waals surface area (Å²) in [5.41, 5.74) is 2.87. The number of nitrogens with two attached hydrogens (primary N) is 1. The van der Waals surface area contributed by atoms with Crippen LogP contribution < -0.4 is 11.3 Å². The molecule has 3 heteroatoms. The van der Waals surface area contributed by atoms with Crippen molar-refractivity contribution >= 4 is 0 Å². The molecule has 0 saturated carbocycles. The second-order valence-electron chi connectivity index (χ2n) is 3.78. The minimum atomic E-state index is 0.507. The maximum Gasteiger partial charge on any atom is 0.0338 e. The first-order valence-electron chi connectivity index (χ1n) is 4.98. The van der Waals surface area contributed by atoms with Gasteiger partial charge in [0.25, 0.3) is 0 Å². The predicted molar refractivity (Wildman–Crippen MR) is 51.7 cm³/mol. The molecule has 1 rings (SSSR count). The Morgan fingerprint density at radius 1 is 1.50 bits per heavy atom. The Morgan fingerprint density at radius 2 is 2.25 bits per heavy atom. The third kappa shape index (κ3) is 2.44. The lowest BCUT2D eigenvalue weighted by Gasteiger charge is -2.37. The molecule has 1 aliphatic heterocycles. The van der Waals surface area contributed by atoms with Crippen molar-refractivity contribution in [3.63, 3.8) is 0 Å². The Bertz CT molecular complexity index is 127. The highest BCUT2D eigenvalue weighted by Gasteiger charge is 2.23. The minimum Gasteiger partial charge on any atom is -0.299 e. The number of hydrogen-bond acceptors (Lipinski definition) is 3. The molecule has 3 nitrogen and oxygen atoms in total. The fourth-order valence-corrected chi connectivity index (χ4v) is 1.91. The summed E-state index contributed by atoms with van der Waals surface area (Å²) in [5, 5.41) is 0. The maximum absolute atomic E-state index is 5.43. The summed E-state index contributed by atoms with van der Waals surface area (Å²) in [6.07, 6.45) is 3.73. The summed E-state index contributed by atoms with van der Waals surface area (Å²) in [6.45, 7) is 6.86. The van der Waals surface area contributed by atoms with Crippen LogP contribution >= 0.6 is 0 Å². The Labute approximate surface area is 75.3 Å². The largest absolute Gasteiger partial charge is 0.299 e. The third-order valence-corrected chi connectivity index (χ3v) is 2.76. The van der Waals surface area contributed by atoms with E-state index in [1.165, 1.54) is 25.8 Å². The summed E-state index contributed by atoms with van der Waals surface area (Å²) in [6, 6.07) is 1.25. The molecule has 3 N–H and O–H groups in total. The number of nitrogens with one attached hydrogen (secondary N) is 1. The highest BCUT2D eigenvalue weighted by Crippen LogP contribution is 2.16. The zero-order chi connectivity index (χ0) is 8.97. The van der Waals surface area contributed by atoms with Gasteiger partial charge >= 0.3 is 0 Å². The van der Waals surface area contributed by atoms with Gasteiger partial charge in [0.1, 0.15) is 0 Å². The molecule has 0 unspecified atom stereocenters. The minimum absolute atomic E-state index is 0.507. The second kappa shape index (κ2) is 4.80. The van der Waals surface area contributed by atoms with Crippen LogP contribution in [0.5, 0.6) is 0 Å². The van der Waals surface area contributed by atoms with Gasteiger partial charge in [0.2, 0.25) is 0 Å². The summed E-state index contributed by atoms with van der Waals surface area (Å²) in [5.74, 6) is 5.43. The lowest BCUT2D eigenvalue weighted by Crippen LogP contribution is -2.51. The number of piperidine rings is 1. The maximum atomic E-state index is 5.43. The molecule has 1 fully saturated rings. The van der Waals surface area contributed by atoms with E-state index in [4.69, 9.17) is 5.84 Å². The number of hydrogen-bond donors (Lipinski definition) is 2. The molecule has 0 spiro atoms. The van der Waals surface area contributed by atoms with Crippen molar-refractivity contribution in [2.75, 3.05) is 13.1 Å². The number of hydrazine groups is 1. The summed E-state index contributed by atoms with van der Waals surface area (Å²) < 4.78 is 0. The topological polar surface area (TPSA) is 41.3 Å². The molecule has 1 aliphatic rings.